The Balaban J connectivity index is 2.94. The zero-order chi connectivity index (χ0) is 12.0. The first kappa shape index (κ1) is 12.5. The quantitative estimate of drug-likeness (QED) is 0.768. The minimum Gasteiger partial charge on any atom is -0.496 e. The third kappa shape index (κ3) is 2.97. The molecule has 0 saturated heterocycles. The van der Waals surface area contributed by atoms with E-state index in [0.29, 0.717) is 11.3 Å². The molecule has 0 saturated carbocycles. The molecule has 0 aliphatic heterocycles. The maximum absolute atomic E-state index is 11.6. The van der Waals surface area contributed by atoms with Crippen molar-refractivity contribution in [1.82, 2.24) is 0 Å². The molecule has 0 bridgehead atoms. The van der Waals surface area contributed by atoms with Crippen LogP contribution in [0.4, 0.5) is 0 Å². The third-order valence-electron chi connectivity index (χ3n) is 2.22. The van der Waals surface area contributed by atoms with Crippen molar-refractivity contribution in [3.63, 3.8) is 0 Å². The van der Waals surface area contributed by atoms with E-state index in [9.17, 15) is 4.79 Å². The summed E-state index contributed by atoms with van der Waals surface area (Å²) >= 11 is 0. The van der Waals surface area contributed by atoms with E-state index in [-0.39, 0.29) is 13.2 Å². The number of ether oxygens (including phenoxy) is 2. The number of methoxy groups -OCH3 is 1. The molecule has 0 aliphatic carbocycles. The lowest BCUT2D eigenvalue weighted by molar-refractivity contribution is 0.0430. The van der Waals surface area contributed by atoms with E-state index < -0.39 is 5.97 Å². The average molecular weight is 224 g/mol. The van der Waals surface area contributed by atoms with Gasteiger partial charge in [-0.25, -0.2) is 4.79 Å². The molecule has 0 atom stereocenters. The van der Waals surface area contributed by atoms with Gasteiger partial charge < -0.3 is 14.6 Å². The largest absolute Gasteiger partial charge is 0.496 e. The van der Waals surface area contributed by atoms with Gasteiger partial charge in [0.1, 0.15) is 17.9 Å². The van der Waals surface area contributed by atoms with Gasteiger partial charge in [0.15, 0.2) is 0 Å². The van der Waals surface area contributed by atoms with Gasteiger partial charge in [0.25, 0.3) is 0 Å². The van der Waals surface area contributed by atoms with Gasteiger partial charge in [-0.3, -0.25) is 0 Å². The minimum atomic E-state index is -0.471. The van der Waals surface area contributed by atoms with E-state index in [1.807, 2.05) is 13.0 Å². The second-order valence-electron chi connectivity index (χ2n) is 3.25. The molecule has 0 amide bonds. The van der Waals surface area contributed by atoms with Crippen LogP contribution < -0.4 is 4.74 Å². The summed E-state index contributed by atoms with van der Waals surface area (Å²) in [4.78, 5) is 11.6. The summed E-state index contributed by atoms with van der Waals surface area (Å²) in [5, 5.41) is 8.58. The fourth-order valence-corrected chi connectivity index (χ4v) is 1.35. The molecule has 0 unspecified atom stereocenters. The van der Waals surface area contributed by atoms with Crippen LogP contribution in [0.5, 0.6) is 5.75 Å². The Morgan fingerprint density at radius 3 is 2.75 bits per heavy atom. The summed E-state index contributed by atoms with van der Waals surface area (Å²) in [5.41, 5.74) is 1.44. The lowest BCUT2D eigenvalue weighted by Crippen LogP contribution is -2.10. The molecule has 0 aliphatic rings. The SMILES string of the molecule is CCc1ccc(OC)c(C(=O)OCCO)c1. The highest BCUT2D eigenvalue weighted by Gasteiger charge is 2.13. The van der Waals surface area contributed by atoms with Crippen LogP contribution in [0.2, 0.25) is 0 Å². The molecular weight excluding hydrogens is 208 g/mol. The standard InChI is InChI=1S/C12H16O4/c1-3-9-4-5-11(15-2)10(8-9)12(14)16-7-6-13/h4-5,8,13H,3,6-7H2,1-2H3. The number of hydrogen-bond donors (Lipinski definition) is 1. The van der Waals surface area contributed by atoms with Crippen molar-refractivity contribution in [3.05, 3.63) is 29.3 Å². The highest BCUT2D eigenvalue weighted by atomic mass is 16.5. The average Bonchev–Trinajstić information content (AvgIpc) is 2.35. The predicted octanol–water partition coefficient (Wildman–Crippen LogP) is 1.41. The van der Waals surface area contributed by atoms with E-state index in [2.05, 4.69) is 0 Å². The number of benzene rings is 1. The molecule has 1 rings (SSSR count). The van der Waals surface area contributed by atoms with Crippen molar-refractivity contribution in [2.75, 3.05) is 20.3 Å². The number of carbonyl (C=O) groups is 1. The highest BCUT2D eigenvalue weighted by Crippen LogP contribution is 2.21. The summed E-state index contributed by atoms with van der Waals surface area (Å²) in [7, 11) is 1.50. The van der Waals surface area contributed by atoms with E-state index in [1.165, 1.54) is 7.11 Å². The Labute approximate surface area is 94.8 Å². The van der Waals surface area contributed by atoms with Crippen molar-refractivity contribution in [2.24, 2.45) is 0 Å². The number of aliphatic hydroxyl groups is 1. The number of carbonyl (C=O) groups excluding carboxylic acids is 1. The molecule has 0 fully saturated rings. The Morgan fingerprint density at radius 2 is 2.19 bits per heavy atom. The minimum absolute atomic E-state index is 0.00165. The zero-order valence-corrected chi connectivity index (χ0v) is 9.53. The fourth-order valence-electron chi connectivity index (χ4n) is 1.35. The van der Waals surface area contributed by atoms with Gasteiger partial charge in [0, 0.05) is 0 Å². The van der Waals surface area contributed by atoms with Crippen LogP contribution in [0.15, 0.2) is 18.2 Å². The number of rotatable bonds is 5. The monoisotopic (exact) mass is 224 g/mol. The molecule has 0 heterocycles. The summed E-state index contributed by atoms with van der Waals surface area (Å²) in [5.74, 6) is 0.0151. The van der Waals surface area contributed by atoms with Gasteiger partial charge in [0.05, 0.1) is 13.7 Å². The molecule has 1 N–H and O–H groups in total. The van der Waals surface area contributed by atoms with Crippen LogP contribution in [-0.2, 0) is 11.2 Å². The Kier molecular flexibility index (Phi) is 4.79. The first-order chi connectivity index (χ1) is 7.72. The van der Waals surface area contributed by atoms with Crippen molar-refractivity contribution >= 4 is 5.97 Å². The second-order valence-corrected chi connectivity index (χ2v) is 3.25. The second kappa shape index (κ2) is 6.12. The number of esters is 1. The van der Waals surface area contributed by atoms with Gasteiger partial charge in [-0.2, -0.15) is 0 Å². The molecule has 0 spiro atoms. The van der Waals surface area contributed by atoms with Gasteiger partial charge in [-0.1, -0.05) is 13.0 Å². The van der Waals surface area contributed by atoms with Crippen LogP contribution >= 0.6 is 0 Å². The predicted molar refractivity (Wildman–Crippen MR) is 59.7 cm³/mol. The van der Waals surface area contributed by atoms with Gasteiger partial charge >= 0.3 is 5.97 Å². The summed E-state index contributed by atoms with van der Waals surface area (Å²) < 4.78 is 9.93. The normalized spacial score (nSPS) is 9.94. The number of hydrogen-bond acceptors (Lipinski definition) is 4. The van der Waals surface area contributed by atoms with Crippen LogP contribution in [0, 0.1) is 0 Å². The topological polar surface area (TPSA) is 55.8 Å². The molecule has 1 aromatic rings. The maximum Gasteiger partial charge on any atom is 0.342 e. The lowest BCUT2D eigenvalue weighted by atomic mass is 10.1. The molecule has 4 nitrogen and oxygen atoms in total. The van der Waals surface area contributed by atoms with Gasteiger partial charge in [-0.15, -0.1) is 0 Å². The fraction of sp³-hybridized carbons (Fsp3) is 0.417. The highest BCUT2D eigenvalue weighted by molar-refractivity contribution is 5.92. The Hall–Kier alpha value is -1.55. The maximum atomic E-state index is 11.6. The first-order valence-electron chi connectivity index (χ1n) is 5.17. The van der Waals surface area contributed by atoms with E-state index >= 15 is 0 Å². The summed E-state index contributed by atoms with van der Waals surface area (Å²) in [6, 6.07) is 5.40. The van der Waals surface area contributed by atoms with Crippen molar-refractivity contribution in [2.45, 2.75) is 13.3 Å². The Bertz CT molecular complexity index is 360. The summed E-state index contributed by atoms with van der Waals surface area (Å²) in [6.07, 6.45) is 0.838. The Morgan fingerprint density at radius 1 is 1.44 bits per heavy atom. The van der Waals surface area contributed by atoms with E-state index in [1.54, 1.807) is 12.1 Å². The molecule has 4 heteroatoms. The summed E-state index contributed by atoms with van der Waals surface area (Å²) in [6.45, 7) is 1.82. The van der Waals surface area contributed by atoms with E-state index in [0.717, 1.165) is 12.0 Å². The lowest BCUT2D eigenvalue weighted by Gasteiger charge is -2.09. The van der Waals surface area contributed by atoms with Crippen molar-refractivity contribution in [1.29, 1.82) is 0 Å². The van der Waals surface area contributed by atoms with E-state index in [4.69, 9.17) is 14.6 Å². The molecule has 88 valence electrons. The van der Waals surface area contributed by atoms with Crippen LogP contribution in [0.25, 0.3) is 0 Å². The third-order valence-corrected chi connectivity index (χ3v) is 2.22. The van der Waals surface area contributed by atoms with Crippen molar-refractivity contribution < 1.29 is 19.4 Å². The van der Waals surface area contributed by atoms with Crippen molar-refractivity contribution in [3.8, 4) is 5.75 Å². The number of aryl methyl sites for hydroxylation is 1. The first-order valence-corrected chi connectivity index (χ1v) is 5.17. The number of aliphatic hydroxyl groups excluding tert-OH is 1. The van der Waals surface area contributed by atoms with Crippen LogP contribution in [-0.4, -0.2) is 31.4 Å². The molecule has 0 aromatic heterocycles. The molecule has 0 radical (unpaired) electrons. The zero-order valence-electron chi connectivity index (χ0n) is 9.53. The van der Waals surface area contributed by atoms with Crippen LogP contribution in [0.3, 0.4) is 0 Å². The smallest absolute Gasteiger partial charge is 0.342 e. The molecule has 1 aromatic carbocycles. The van der Waals surface area contributed by atoms with Gasteiger partial charge in [0.2, 0.25) is 0 Å². The molecular formula is C12H16O4. The molecule has 16 heavy (non-hydrogen) atoms. The van der Waals surface area contributed by atoms with Crippen LogP contribution in [0.1, 0.15) is 22.8 Å². The van der Waals surface area contributed by atoms with Gasteiger partial charge in [-0.05, 0) is 24.1 Å².